The minimum atomic E-state index is -0.337. The second-order valence-corrected chi connectivity index (χ2v) is 3.38. The number of methoxy groups -OCH3 is 1. The van der Waals surface area contributed by atoms with Crippen molar-refractivity contribution in [1.29, 1.82) is 0 Å². The molecule has 0 fully saturated rings. The summed E-state index contributed by atoms with van der Waals surface area (Å²) >= 11 is 0. The molecule has 3 nitrogen and oxygen atoms in total. The third kappa shape index (κ3) is 2.92. The molecule has 14 heavy (non-hydrogen) atoms. The predicted molar refractivity (Wildman–Crippen MR) is 54.7 cm³/mol. The second-order valence-electron chi connectivity index (χ2n) is 3.38. The first-order valence-electron chi connectivity index (χ1n) is 4.67. The van der Waals surface area contributed by atoms with E-state index < -0.39 is 0 Å². The number of phenolic OH excluding ortho intramolecular Hbond substituents is 1. The zero-order valence-corrected chi connectivity index (χ0v) is 8.53. The highest BCUT2D eigenvalue weighted by Gasteiger charge is 2.04. The van der Waals surface area contributed by atoms with Gasteiger partial charge in [0.1, 0.15) is 11.5 Å². The lowest BCUT2D eigenvalue weighted by Gasteiger charge is -2.07. The largest absolute Gasteiger partial charge is 0.508 e. The first kappa shape index (κ1) is 10.9. The molecule has 1 aromatic rings. The smallest absolute Gasteiger partial charge is 0.122 e. The van der Waals surface area contributed by atoms with Crippen molar-refractivity contribution in [2.45, 2.75) is 25.9 Å². The van der Waals surface area contributed by atoms with Gasteiger partial charge >= 0.3 is 0 Å². The van der Waals surface area contributed by atoms with Crippen molar-refractivity contribution in [3.8, 4) is 11.5 Å². The summed E-state index contributed by atoms with van der Waals surface area (Å²) in [5.74, 6) is 0.869. The number of aromatic hydroxyl groups is 1. The number of benzene rings is 1. The quantitative estimate of drug-likeness (QED) is 0.770. The normalized spacial score (nSPS) is 12.5. The molecule has 1 aromatic carbocycles. The summed E-state index contributed by atoms with van der Waals surface area (Å²) in [4.78, 5) is 0. The second kappa shape index (κ2) is 4.86. The SMILES string of the molecule is COc1ccc(CCC(C)O)c(O)c1. The molecular formula is C11H16O3. The molecule has 3 heteroatoms. The van der Waals surface area contributed by atoms with Crippen LogP contribution in [-0.4, -0.2) is 23.4 Å². The first-order chi connectivity index (χ1) is 6.63. The van der Waals surface area contributed by atoms with Gasteiger partial charge in [0.25, 0.3) is 0 Å². The van der Waals surface area contributed by atoms with Crippen LogP contribution in [0.25, 0.3) is 0 Å². The number of phenols is 1. The lowest BCUT2D eigenvalue weighted by atomic mass is 10.1. The van der Waals surface area contributed by atoms with E-state index in [-0.39, 0.29) is 11.9 Å². The molecule has 1 unspecified atom stereocenters. The van der Waals surface area contributed by atoms with Gasteiger partial charge in [-0.25, -0.2) is 0 Å². The molecule has 0 saturated heterocycles. The van der Waals surface area contributed by atoms with E-state index in [0.717, 1.165) is 5.56 Å². The molecule has 0 aliphatic rings. The van der Waals surface area contributed by atoms with Crippen LogP contribution in [0, 0.1) is 0 Å². The monoisotopic (exact) mass is 196 g/mol. The van der Waals surface area contributed by atoms with Gasteiger partial charge in [-0.3, -0.25) is 0 Å². The summed E-state index contributed by atoms with van der Waals surface area (Å²) in [6, 6.07) is 5.20. The van der Waals surface area contributed by atoms with Crippen molar-refractivity contribution in [3.05, 3.63) is 23.8 Å². The number of ether oxygens (including phenoxy) is 1. The Labute approximate surface area is 84.0 Å². The highest BCUT2D eigenvalue weighted by Crippen LogP contribution is 2.24. The lowest BCUT2D eigenvalue weighted by molar-refractivity contribution is 0.184. The van der Waals surface area contributed by atoms with Crippen molar-refractivity contribution in [3.63, 3.8) is 0 Å². The van der Waals surface area contributed by atoms with Crippen LogP contribution in [0.4, 0.5) is 0 Å². The van der Waals surface area contributed by atoms with Crippen LogP contribution in [0.15, 0.2) is 18.2 Å². The molecule has 1 rings (SSSR count). The molecular weight excluding hydrogens is 180 g/mol. The minimum absolute atomic E-state index is 0.227. The predicted octanol–water partition coefficient (Wildman–Crippen LogP) is 1.71. The van der Waals surface area contributed by atoms with E-state index in [1.807, 2.05) is 6.07 Å². The van der Waals surface area contributed by atoms with Gasteiger partial charge in [-0.15, -0.1) is 0 Å². The van der Waals surface area contributed by atoms with Crippen molar-refractivity contribution >= 4 is 0 Å². The van der Waals surface area contributed by atoms with E-state index in [1.165, 1.54) is 0 Å². The Kier molecular flexibility index (Phi) is 3.77. The maximum absolute atomic E-state index is 9.57. The summed E-state index contributed by atoms with van der Waals surface area (Å²) in [6.45, 7) is 1.74. The highest BCUT2D eigenvalue weighted by atomic mass is 16.5. The minimum Gasteiger partial charge on any atom is -0.508 e. The van der Waals surface area contributed by atoms with Gasteiger partial charge in [0.15, 0.2) is 0 Å². The molecule has 0 saturated carbocycles. The Morgan fingerprint density at radius 1 is 1.43 bits per heavy atom. The Bertz CT molecular complexity index is 295. The van der Waals surface area contributed by atoms with Crippen LogP contribution in [0.5, 0.6) is 11.5 Å². The third-order valence-electron chi connectivity index (χ3n) is 2.12. The molecule has 78 valence electrons. The van der Waals surface area contributed by atoms with Crippen LogP contribution >= 0.6 is 0 Å². The number of aryl methyl sites for hydroxylation is 1. The van der Waals surface area contributed by atoms with Gasteiger partial charge < -0.3 is 14.9 Å². The Hall–Kier alpha value is -1.22. The molecule has 0 spiro atoms. The van der Waals surface area contributed by atoms with Gasteiger partial charge in [0, 0.05) is 6.07 Å². The van der Waals surface area contributed by atoms with E-state index in [0.29, 0.717) is 18.6 Å². The third-order valence-corrected chi connectivity index (χ3v) is 2.12. The fraction of sp³-hybridized carbons (Fsp3) is 0.455. The van der Waals surface area contributed by atoms with Crippen LogP contribution in [0.1, 0.15) is 18.9 Å². The van der Waals surface area contributed by atoms with Crippen molar-refractivity contribution in [1.82, 2.24) is 0 Å². The molecule has 0 radical (unpaired) electrons. The van der Waals surface area contributed by atoms with Gasteiger partial charge in [-0.1, -0.05) is 6.07 Å². The number of rotatable bonds is 4. The summed E-state index contributed by atoms with van der Waals surface area (Å²) in [6.07, 6.45) is 0.990. The van der Waals surface area contributed by atoms with Crippen LogP contribution in [0.2, 0.25) is 0 Å². The molecule has 0 bridgehead atoms. The van der Waals surface area contributed by atoms with Crippen molar-refractivity contribution in [2.75, 3.05) is 7.11 Å². The summed E-state index contributed by atoms with van der Waals surface area (Å²) in [5.41, 5.74) is 0.840. The Balaban J connectivity index is 2.69. The van der Waals surface area contributed by atoms with E-state index in [9.17, 15) is 5.11 Å². The zero-order valence-electron chi connectivity index (χ0n) is 8.53. The number of aliphatic hydroxyl groups excluding tert-OH is 1. The summed E-state index contributed by atoms with van der Waals surface area (Å²) in [7, 11) is 1.56. The van der Waals surface area contributed by atoms with Gasteiger partial charge in [0.2, 0.25) is 0 Å². The lowest BCUT2D eigenvalue weighted by Crippen LogP contribution is -2.01. The van der Waals surface area contributed by atoms with Gasteiger partial charge in [-0.05, 0) is 31.4 Å². The first-order valence-corrected chi connectivity index (χ1v) is 4.67. The van der Waals surface area contributed by atoms with E-state index >= 15 is 0 Å². The standard InChI is InChI=1S/C11H16O3/c1-8(12)3-4-9-5-6-10(14-2)7-11(9)13/h5-8,12-13H,3-4H2,1-2H3. The number of hydrogen-bond donors (Lipinski definition) is 2. The highest BCUT2D eigenvalue weighted by molar-refractivity contribution is 5.39. The summed E-state index contributed by atoms with van der Waals surface area (Å²) < 4.78 is 4.97. The van der Waals surface area contributed by atoms with Crippen LogP contribution in [-0.2, 0) is 6.42 Å². The van der Waals surface area contributed by atoms with Gasteiger partial charge in [-0.2, -0.15) is 0 Å². The van der Waals surface area contributed by atoms with E-state index in [1.54, 1.807) is 26.2 Å². The van der Waals surface area contributed by atoms with Crippen molar-refractivity contribution < 1.29 is 14.9 Å². The van der Waals surface area contributed by atoms with Crippen LogP contribution in [0.3, 0.4) is 0 Å². The fourth-order valence-electron chi connectivity index (χ4n) is 1.25. The molecule has 2 N–H and O–H groups in total. The molecule has 0 aromatic heterocycles. The zero-order chi connectivity index (χ0) is 10.6. The van der Waals surface area contributed by atoms with E-state index in [2.05, 4.69) is 0 Å². The Morgan fingerprint density at radius 2 is 2.14 bits per heavy atom. The topological polar surface area (TPSA) is 49.7 Å². The molecule has 0 amide bonds. The average molecular weight is 196 g/mol. The van der Waals surface area contributed by atoms with E-state index in [4.69, 9.17) is 9.84 Å². The number of aliphatic hydroxyl groups is 1. The van der Waals surface area contributed by atoms with Gasteiger partial charge in [0.05, 0.1) is 13.2 Å². The van der Waals surface area contributed by atoms with Crippen LogP contribution < -0.4 is 4.74 Å². The fourth-order valence-corrected chi connectivity index (χ4v) is 1.25. The number of hydrogen-bond acceptors (Lipinski definition) is 3. The molecule has 0 heterocycles. The molecule has 0 aliphatic carbocycles. The Morgan fingerprint density at radius 3 is 2.64 bits per heavy atom. The van der Waals surface area contributed by atoms with Crippen molar-refractivity contribution in [2.24, 2.45) is 0 Å². The maximum Gasteiger partial charge on any atom is 0.122 e. The molecule has 0 aliphatic heterocycles. The average Bonchev–Trinajstić information content (AvgIpc) is 2.15. The maximum atomic E-state index is 9.57. The molecule has 1 atom stereocenters. The summed E-state index contributed by atoms with van der Waals surface area (Å²) in [5, 5.41) is 18.7.